The van der Waals surface area contributed by atoms with Gasteiger partial charge in [0.1, 0.15) is 5.56 Å². The van der Waals surface area contributed by atoms with Crippen LogP contribution in [0, 0.1) is 6.92 Å². The van der Waals surface area contributed by atoms with Gasteiger partial charge in [-0.05, 0) is 51.4 Å². The molecule has 28 heavy (non-hydrogen) atoms. The number of pyridine rings is 1. The predicted octanol–water partition coefficient (Wildman–Crippen LogP) is 0.906. The summed E-state index contributed by atoms with van der Waals surface area (Å²) in [5.41, 5.74) is 0.437. The third kappa shape index (κ3) is 4.24. The maximum atomic E-state index is 13.3. The number of hydrogen-bond donors (Lipinski definition) is 1. The van der Waals surface area contributed by atoms with Crippen LogP contribution >= 0.6 is 12.4 Å². The Morgan fingerprint density at radius 3 is 2.61 bits per heavy atom. The van der Waals surface area contributed by atoms with E-state index in [2.05, 4.69) is 5.32 Å². The van der Waals surface area contributed by atoms with Crippen LogP contribution in [0.5, 0.6) is 0 Å². The number of ether oxygens (including phenoxy) is 2. The second kappa shape index (κ2) is 9.54. The van der Waals surface area contributed by atoms with Crippen molar-refractivity contribution >= 4 is 24.3 Å². The number of aromatic nitrogens is 1. The number of halogens is 1. The zero-order valence-electron chi connectivity index (χ0n) is 16.5. The Balaban J connectivity index is 0.00000280. The molecule has 0 aromatic carbocycles. The Labute approximate surface area is 170 Å². The molecular formula is C19H28ClN3O5. The molecule has 0 saturated carbocycles. The van der Waals surface area contributed by atoms with Crippen LogP contribution in [0.4, 0.5) is 0 Å². The summed E-state index contributed by atoms with van der Waals surface area (Å²) in [5, 5.41) is 3.28. The first kappa shape index (κ1) is 22.4. The lowest BCUT2D eigenvalue weighted by Gasteiger charge is -2.38. The first-order valence-corrected chi connectivity index (χ1v) is 9.38. The Morgan fingerprint density at radius 1 is 1.29 bits per heavy atom. The number of hydrogen-bond acceptors (Lipinski definition) is 6. The summed E-state index contributed by atoms with van der Waals surface area (Å²) in [5.74, 6) is -0.978. The van der Waals surface area contributed by atoms with Crippen molar-refractivity contribution in [3.63, 3.8) is 0 Å². The number of piperidine rings is 1. The molecule has 2 aliphatic heterocycles. The van der Waals surface area contributed by atoms with Gasteiger partial charge in [-0.1, -0.05) is 0 Å². The van der Waals surface area contributed by atoms with E-state index in [-0.39, 0.29) is 36.1 Å². The first-order valence-electron chi connectivity index (χ1n) is 9.38. The number of carbonyl (C=O) groups is 2. The lowest BCUT2D eigenvalue weighted by molar-refractivity contribution is -0.156. The number of methoxy groups -OCH3 is 1. The molecule has 8 nitrogen and oxygen atoms in total. The molecule has 2 atom stereocenters. The van der Waals surface area contributed by atoms with Crippen LogP contribution in [0.1, 0.15) is 41.7 Å². The summed E-state index contributed by atoms with van der Waals surface area (Å²) in [4.78, 5) is 40.1. The Bertz CT molecular complexity index is 775. The third-order valence-corrected chi connectivity index (χ3v) is 5.44. The van der Waals surface area contributed by atoms with Crippen molar-refractivity contribution in [3.8, 4) is 0 Å². The Kier molecular flexibility index (Phi) is 7.63. The van der Waals surface area contributed by atoms with Crippen LogP contribution in [0.3, 0.4) is 0 Å². The van der Waals surface area contributed by atoms with E-state index in [1.54, 1.807) is 30.7 Å². The molecule has 9 heteroatoms. The average molecular weight is 414 g/mol. The molecule has 3 heterocycles. The maximum absolute atomic E-state index is 13.3. The van der Waals surface area contributed by atoms with Gasteiger partial charge in [-0.2, -0.15) is 0 Å². The van der Waals surface area contributed by atoms with E-state index in [0.717, 1.165) is 25.9 Å². The highest BCUT2D eigenvalue weighted by atomic mass is 35.5. The lowest BCUT2D eigenvalue weighted by Crippen LogP contribution is -2.57. The minimum atomic E-state index is -0.859. The summed E-state index contributed by atoms with van der Waals surface area (Å²) >= 11 is 0. The second-order valence-electron chi connectivity index (χ2n) is 7.11. The molecule has 1 aromatic rings. The zero-order valence-corrected chi connectivity index (χ0v) is 17.3. The number of morpholine rings is 1. The number of amides is 1. The highest BCUT2D eigenvalue weighted by Crippen LogP contribution is 2.21. The lowest BCUT2D eigenvalue weighted by atomic mass is 10.0. The molecule has 1 N–H and O–H groups in total. The van der Waals surface area contributed by atoms with Crippen LogP contribution in [-0.2, 0) is 14.3 Å². The van der Waals surface area contributed by atoms with Gasteiger partial charge in [0.25, 0.3) is 11.5 Å². The Hall–Kier alpha value is -1.90. The molecule has 0 unspecified atom stereocenters. The van der Waals surface area contributed by atoms with Crippen LogP contribution in [0.2, 0.25) is 0 Å². The van der Waals surface area contributed by atoms with Crippen molar-refractivity contribution in [2.45, 2.75) is 44.9 Å². The van der Waals surface area contributed by atoms with Gasteiger partial charge in [-0.25, -0.2) is 4.79 Å². The van der Waals surface area contributed by atoms with E-state index in [0.29, 0.717) is 12.2 Å². The molecule has 0 radical (unpaired) electrons. The highest BCUT2D eigenvalue weighted by Gasteiger charge is 2.40. The molecule has 1 amide bonds. The fraction of sp³-hybridized carbons (Fsp3) is 0.632. The smallest absolute Gasteiger partial charge is 0.331 e. The summed E-state index contributed by atoms with van der Waals surface area (Å²) in [6.45, 7) is 5.72. The van der Waals surface area contributed by atoms with Crippen LogP contribution < -0.4 is 10.9 Å². The van der Waals surface area contributed by atoms with Gasteiger partial charge in [0, 0.05) is 18.8 Å². The number of nitrogens with zero attached hydrogens (tertiary/aromatic N) is 2. The SMILES string of the molecule is COC(=O)[C@@H]1[C@@H](C)OCCN1C(=O)c1c(C)ccn(C2CCNCC2)c1=O.Cl. The van der Waals surface area contributed by atoms with E-state index in [4.69, 9.17) is 9.47 Å². The summed E-state index contributed by atoms with van der Waals surface area (Å²) < 4.78 is 12.0. The van der Waals surface area contributed by atoms with Crippen molar-refractivity contribution in [1.29, 1.82) is 0 Å². The largest absolute Gasteiger partial charge is 0.467 e. The molecule has 3 rings (SSSR count). The van der Waals surface area contributed by atoms with Gasteiger partial charge in [0.2, 0.25) is 0 Å². The molecule has 2 aliphatic rings. The normalized spacial score (nSPS) is 23.0. The van der Waals surface area contributed by atoms with Crippen LogP contribution in [-0.4, -0.2) is 66.8 Å². The van der Waals surface area contributed by atoms with Crippen molar-refractivity contribution in [2.24, 2.45) is 0 Å². The standard InChI is InChI=1S/C19H27N3O5.ClH/c1-12-6-9-21(14-4-7-20-8-5-14)17(23)15(12)18(24)22-10-11-27-13(2)16(22)19(25)26-3;/h6,9,13-14,16,20H,4-5,7-8,10-11H2,1-3H3;1H/t13-,16+;/m1./s1. The first-order chi connectivity index (χ1) is 13.0. The fourth-order valence-electron chi connectivity index (χ4n) is 3.91. The van der Waals surface area contributed by atoms with Gasteiger partial charge in [0.05, 0.1) is 19.8 Å². The predicted molar refractivity (Wildman–Crippen MR) is 106 cm³/mol. The molecule has 2 saturated heterocycles. The summed E-state index contributed by atoms with van der Waals surface area (Å²) in [6, 6.07) is 1.02. The number of nitrogens with one attached hydrogen (secondary N) is 1. The molecule has 0 spiro atoms. The Morgan fingerprint density at radius 2 is 1.96 bits per heavy atom. The zero-order chi connectivity index (χ0) is 19.6. The molecular weight excluding hydrogens is 386 g/mol. The van der Waals surface area contributed by atoms with Gasteiger partial charge in [0.15, 0.2) is 6.04 Å². The average Bonchev–Trinajstić information content (AvgIpc) is 2.68. The molecule has 0 aliphatic carbocycles. The fourth-order valence-corrected chi connectivity index (χ4v) is 3.91. The van der Waals surface area contributed by atoms with E-state index < -0.39 is 24.0 Å². The highest BCUT2D eigenvalue weighted by molar-refractivity contribution is 5.98. The van der Waals surface area contributed by atoms with Crippen molar-refractivity contribution in [2.75, 3.05) is 33.4 Å². The number of rotatable bonds is 3. The van der Waals surface area contributed by atoms with Crippen molar-refractivity contribution < 1.29 is 19.1 Å². The maximum Gasteiger partial charge on any atom is 0.331 e. The molecule has 156 valence electrons. The minimum Gasteiger partial charge on any atom is -0.467 e. The van der Waals surface area contributed by atoms with Gasteiger partial charge in [-0.15, -0.1) is 12.4 Å². The topological polar surface area (TPSA) is 89.9 Å². The molecule has 0 bridgehead atoms. The second-order valence-corrected chi connectivity index (χ2v) is 7.11. The van der Waals surface area contributed by atoms with Crippen LogP contribution in [0.15, 0.2) is 17.1 Å². The van der Waals surface area contributed by atoms with E-state index in [1.807, 2.05) is 0 Å². The molecule has 1 aromatic heterocycles. The van der Waals surface area contributed by atoms with E-state index in [9.17, 15) is 14.4 Å². The van der Waals surface area contributed by atoms with Crippen molar-refractivity contribution in [1.82, 2.24) is 14.8 Å². The number of carbonyl (C=O) groups excluding carboxylic acids is 2. The monoisotopic (exact) mass is 413 g/mol. The summed E-state index contributed by atoms with van der Waals surface area (Å²) in [6.07, 6.45) is 2.96. The number of esters is 1. The van der Waals surface area contributed by atoms with Gasteiger partial charge >= 0.3 is 5.97 Å². The molecule has 2 fully saturated rings. The minimum absolute atomic E-state index is 0. The van der Waals surface area contributed by atoms with E-state index >= 15 is 0 Å². The van der Waals surface area contributed by atoms with Gasteiger partial charge in [-0.3, -0.25) is 9.59 Å². The third-order valence-electron chi connectivity index (χ3n) is 5.44. The van der Waals surface area contributed by atoms with Crippen LogP contribution in [0.25, 0.3) is 0 Å². The van der Waals surface area contributed by atoms with E-state index in [1.165, 1.54) is 12.0 Å². The number of aryl methyl sites for hydroxylation is 1. The quantitative estimate of drug-likeness (QED) is 0.741. The summed E-state index contributed by atoms with van der Waals surface area (Å²) in [7, 11) is 1.28. The van der Waals surface area contributed by atoms with Crippen molar-refractivity contribution in [3.05, 3.63) is 33.7 Å². The van der Waals surface area contributed by atoms with Gasteiger partial charge < -0.3 is 24.3 Å².